The summed E-state index contributed by atoms with van der Waals surface area (Å²) in [6.07, 6.45) is 2.97. The largest absolute Gasteiger partial charge is 0.473 e. The van der Waals surface area contributed by atoms with Crippen LogP contribution in [0.15, 0.2) is 35.1 Å². The van der Waals surface area contributed by atoms with Crippen LogP contribution < -0.4 is 15.0 Å². The van der Waals surface area contributed by atoms with E-state index < -0.39 is 23.8 Å². The predicted octanol–water partition coefficient (Wildman–Crippen LogP) is 2.73. The van der Waals surface area contributed by atoms with Crippen molar-refractivity contribution in [2.45, 2.75) is 12.5 Å². The molecule has 142 valence electrons. The molecule has 1 aromatic heterocycles. The van der Waals surface area contributed by atoms with Gasteiger partial charge >= 0.3 is 6.09 Å². The minimum Gasteiger partial charge on any atom is -0.473 e. The zero-order valence-corrected chi connectivity index (χ0v) is 14.3. The van der Waals surface area contributed by atoms with Crippen molar-refractivity contribution in [1.29, 1.82) is 0 Å². The zero-order valence-electron chi connectivity index (χ0n) is 14.3. The molecule has 1 fully saturated rings. The molecule has 2 aromatic rings. The Hall–Kier alpha value is -2.94. The molecule has 1 atom stereocenters. The maximum atomic E-state index is 14.7. The molecule has 1 aromatic carbocycles. The van der Waals surface area contributed by atoms with Gasteiger partial charge in [0.2, 0.25) is 0 Å². The van der Waals surface area contributed by atoms with E-state index in [1.165, 1.54) is 17.2 Å². The summed E-state index contributed by atoms with van der Waals surface area (Å²) in [5, 5.41) is 6.71. The summed E-state index contributed by atoms with van der Waals surface area (Å²) in [5.74, 6) is -1.18. The lowest BCUT2D eigenvalue weighted by Gasteiger charge is -2.22. The van der Waals surface area contributed by atoms with Gasteiger partial charge in [-0.15, -0.1) is 0 Å². The van der Waals surface area contributed by atoms with E-state index in [0.717, 1.165) is 12.1 Å². The van der Waals surface area contributed by atoms with E-state index in [4.69, 9.17) is 9.47 Å². The highest BCUT2D eigenvalue weighted by Gasteiger charge is 2.36. The summed E-state index contributed by atoms with van der Waals surface area (Å²) < 4.78 is 44.5. The maximum absolute atomic E-state index is 14.7. The molecule has 27 heavy (non-hydrogen) atoms. The van der Waals surface area contributed by atoms with Gasteiger partial charge in [-0.05, 0) is 35.8 Å². The van der Waals surface area contributed by atoms with E-state index in [-0.39, 0.29) is 30.3 Å². The van der Waals surface area contributed by atoms with Gasteiger partial charge in [0.05, 0.1) is 5.69 Å². The molecule has 0 unspecified atom stereocenters. The van der Waals surface area contributed by atoms with Gasteiger partial charge in [-0.25, -0.2) is 13.6 Å². The van der Waals surface area contributed by atoms with E-state index in [9.17, 15) is 13.6 Å². The molecule has 0 spiro atoms. The van der Waals surface area contributed by atoms with E-state index >= 15 is 0 Å². The Bertz CT molecular complexity index is 846. The van der Waals surface area contributed by atoms with Crippen LogP contribution in [-0.2, 0) is 4.74 Å². The monoisotopic (exact) mass is 377 g/mol. The van der Waals surface area contributed by atoms with E-state index in [1.807, 2.05) is 0 Å². The summed E-state index contributed by atoms with van der Waals surface area (Å²) >= 11 is 0. The van der Waals surface area contributed by atoms with Gasteiger partial charge in [0.15, 0.2) is 0 Å². The molecule has 0 radical (unpaired) electrons. The number of amides is 1. The van der Waals surface area contributed by atoms with Crippen LogP contribution in [0, 0.1) is 11.6 Å². The molecule has 0 aliphatic carbocycles. The van der Waals surface area contributed by atoms with Crippen LogP contribution in [0.5, 0.6) is 5.88 Å². The summed E-state index contributed by atoms with van der Waals surface area (Å²) in [6, 6.07) is 3.27. The maximum Gasteiger partial charge on any atom is 0.414 e. The molecule has 1 N–H and O–H groups in total. The molecular formula is C18H17F2N3O4. The normalized spacial score (nSPS) is 19.8. The van der Waals surface area contributed by atoms with Crippen molar-refractivity contribution in [2.24, 2.45) is 0 Å². The van der Waals surface area contributed by atoms with Crippen LogP contribution in [0.25, 0.3) is 5.57 Å². The number of rotatable bonds is 5. The SMILES string of the molecule is O=C1OC[C@@H](COc2ccon2)N1c1cc(F)c(C2=CCNCC2)c(F)c1. The number of carbonyl (C=O) groups is 1. The second-order valence-electron chi connectivity index (χ2n) is 6.22. The molecule has 2 aliphatic heterocycles. The van der Waals surface area contributed by atoms with Gasteiger partial charge in [0.25, 0.3) is 5.88 Å². The van der Waals surface area contributed by atoms with E-state index in [0.29, 0.717) is 25.1 Å². The Balaban J connectivity index is 1.58. The average molecular weight is 377 g/mol. The molecule has 4 rings (SSSR count). The van der Waals surface area contributed by atoms with Crippen LogP contribution in [-0.4, -0.2) is 43.6 Å². The third-order valence-corrected chi connectivity index (χ3v) is 4.49. The standard InChI is InChI=1S/C18H17F2N3O4/c19-14-7-12(8-15(20)17(14)11-1-4-21-5-2-11)23-13(10-26-18(23)24)9-25-16-3-6-27-22-16/h1,3,6-8,13,21H,2,4-5,9-10H2/t13-/m1/s1. The van der Waals surface area contributed by atoms with Gasteiger partial charge in [0.1, 0.15) is 37.2 Å². The highest BCUT2D eigenvalue weighted by molar-refractivity contribution is 5.90. The van der Waals surface area contributed by atoms with Gasteiger partial charge in [-0.1, -0.05) is 6.08 Å². The fraction of sp³-hybridized carbons (Fsp3) is 0.333. The lowest BCUT2D eigenvalue weighted by atomic mass is 9.98. The number of aromatic nitrogens is 1. The molecule has 2 aliphatic rings. The number of halogens is 2. The first-order valence-electron chi connectivity index (χ1n) is 8.52. The van der Waals surface area contributed by atoms with Crippen molar-refractivity contribution >= 4 is 17.4 Å². The number of cyclic esters (lactones) is 1. The molecule has 3 heterocycles. The predicted molar refractivity (Wildman–Crippen MR) is 91.4 cm³/mol. The van der Waals surface area contributed by atoms with Crippen LogP contribution in [0.4, 0.5) is 19.3 Å². The minimum atomic E-state index is -0.714. The first kappa shape index (κ1) is 17.5. The van der Waals surface area contributed by atoms with Gasteiger partial charge in [-0.3, -0.25) is 4.90 Å². The quantitative estimate of drug-likeness (QED) is 0.864. The zero-order chi connectivity index (χ0) is 18.8. The van der Waals surface area contributed by atoms with Crippen LogP contribution in [0.2, 0.25) is 0 Å². The Morgan fingerprint density at radius 2 is 2.15 bits per heavy atom. The Morgan fingerprint density at radius 3 is 2.81 bits per heavy atom. The lowest BCUT2D eigenvalue weighted by Crippen LogP contribution is -2.38. The minimum absolute atomic E-state index is 0.0402. The van der Waals surface area contributed by atoms with Gasteiger partial charge in [-0.2, -0.15) is 0 Å². The van der Waals surface area contributed by atoms with Gasteiger partial charge < -0.3 is 19.3 Å². The number of hydrogen-bond donors (Lipinski definition) is 1. The highest BCUT2D eigenvalue weighted by Crippen LogP contribution is 2.32. The summed E-state index contributed by atoms with van der Waals surface area (Å²) in [7, 11) is 0. The second kappa shape index (κ2) is 7.36. The first-order chi connectivity index (χ1) is 13.1. The van der Waals surface area contributed by atoms with E-state index in [2.05, 4.69) is 15.0 Å². The third kappa shape index (κ3) is 3.50. The fourth-order valence-corrected chi connectivity index (χ4v) is 3.21. The second-order valence-corrected chi connectivity index (χ2v) is 6.22. The Labute approximate surface area is 153 Å². The molecule has 7 nitrogen and oxygen atoms in total. The first-order valence-corrected chi connectivity index (χ1v) is 8.52. The van der Waals surface area contributed by atoms with Gasteiger partial charge in [0, 0.05) is 18.2 Å². The number of hydrogen-bond acceptors (Lipinski definition) is 6. The molecule has 0 saturated carbocycles. The van der Waals surface area contributed by atoms with E-state index in [1.54, 1.807) is 6.08 Å². The summed E-state index contributed by atoms with van der Waals surface area (Å²) in [5.41, 5.74) is 0.646. The average Bonchev–Trinajstić information content (AvgIpc) is 3.29. The summed E-state index contributed by atoms with van der Waals surface area (Å²) in [6.45, 7) is 1.31. The van der Waals surface area contributed by atoms with Crippen molar-refractivity contribution in [1.82, 2.24) is 10.5 Å². The number of nitrogens with one attached hydrogen (secondary N) is 1. The molecule has 0 bridgehead atoms. The van der Waals surface area contributed by atoms with Crippen LogP contribution in [0.3, 0.4) is 0 Å². The van der Waals surface area contributed by atoms with Crippen LogP contribution in [0.1, 0.15) is 12.0 Å². The number of ether oxygens (including phenoxy) is 2. The fourth-order valence-electron chi connectivity index (χ4n) is 3.21. The highest BCUT2D eigenvalue weighted by atomic mass is 19.1. The molecular weight excluding hydrogens is 360 g/mol. The van der Waals surface area contributed by atoms with Crippen molar-refractivity contribution in [3.63, 3.8) is 0 Å². The Morgan fingerprint density at radius 1 is 1.33 bits per heavy atom. The molecule has 1 saturated heterocycles. The Kier molecular flexibility index (Phi) is 4.76. The van der Waals surface area contributed by atoms with Crippen molar-refractivity contribution in [2.75, 3.05) is 31.2 Å². The number of benzene rings is 1. The topological polar surface area (TPSA) is 76.8 Å². The van der Waals surface area contributed by atoms with Crippen LogP contribution >= 0.6 is 0 Å². The van der Waals surface area contributed by atoms with Crippen molar-refractivity contribution < 1.29 is 27.6 Å². The van der Waals surface area contributed by atoms with Crippen molar-refractivity contribution in [3.8, 4) is 5.88 Å². The lowest BCUT2D eigenvalue weighted by molar-refractivity contribution is 0.174. The number of anilines is 1. The third-order valence-electron chi connectivity index (χ3n) is 4.49. The van der Waals surface area contributed by atoms with Crippen molar-refractivity contribution in [3.05, 3.63) is 47.7 Å². The summed E-state index contributed by atoms with van der Waals surface area (Å²) in [4.78, 5) is 13.3. The molecule has 9 heteroatoms. The molecule has 1 amide bonds. The smallest absolute Gasteiger partial charge is 0.414 e. The number of nitrogens with zero attached hydrogens (tertiary/aromatic N) is 2. The number of carbonyl (C=O) groups excluding carboxylic acids is 1.